The van der Waals surface area contributed by atoms with Crippen LogP contribution in [-0.4, -0.2) is 66.4 Å². The zero-order valence-corrected chi connectivity index (χ0v) is 16.5. The standard InChI is InChI=1S/C21H26FN3O3/c1-14-19(21(27)28-3)15(2)23-20(14)18(26)13-25-10-8-24(9-11-25)12-16-6-4-5-7-17(16)22/h4-7,23H,8-13H2,1-3H3. The number of aromatic amines is 1. The fourth-order valence-corrected chi connectivity index (χ4v) is 3.69. The molecule has 3 rings (SSSR count). The summed E-state index contributed by atoms with van der Waals surface area (Å²) in [6, 6.07) is 6.82. The van der Waals surface area contributed by atoms with E-state index in [-0.39, 0.29) is 18.1 Å². The molecular weight excluding hydrogens is 361 g/mol. The van der Waals surface area contributed by atoms with Crippen LogP contribution in [-0.2, 0) is 11.3 Å². The minimum atomic E-state index is -0.438. The van der Waals surface area contributed by atoms with Gasteiger partial charge in [-0.3, -0.25) is 14.6 Å². The van der Waals surface area contributed by atoms with E-state index >= 15 is 0 Å². The van der Waals surface area contributed by atoms with Crippen molar-refractivity contribution in [2.75, 3.05) is 39.8 Å². The van der Waals surface area contributed by atoms with E-state index in [2.05, 4.69) is 14.8 Å². The first-order valence-corrected chi connectivity index (χ1v) is 9.39. The number of benzene rings is 1. The number of esters is 1. The van der Waals surface area contributed by atoms with E-state index in [4.69, 9.17) is 4.74 Å². The minimum Gasteiger partial charge on any atom is -0.465 e. The quantitative estimate of drug-likeness (QED) is 0.610. The molecule has 0 unspecified atom stereocenters. The monoisotopic (exact) mass is 387 g/mol. The van der Waals surface area contributed by atoms with Crippen molar-refractivity contribution in [1.29, 1.82) is 0 Å². The number of nitrogens with zero attached hydrogens (tertiary/aromatic N) is 2. The number of Topliss-reactive ketones (excluding diaryl/α,β-unsaturated/α-hetero) is 1. The third-order valence-corrected chi connectivity index (χ3v) is 5.29. The van der Waals surface area contributed by atoms with E-state index in [0.717, 1.165) is 26.2 Å². The summed E-state index contributed by atoms with van der Waals surface area (Å²) in [7, 11) is 1.33. The lowest BCUT2D eigenvalue weighted by Gasteiger charge is -2.34. The number of ketones is 1. The van der Waals surface area contributed by atoms with Gasteiger partial charge in [-0.05, 0) is 25.5 Å². The second kappa shape index (κ2) is 8.67. The first-order chi connectivity index (χ1) is 13.4. The van der Waals surface area contributed by atoms with E-state index in [0.29, 0.717) is 34.6 Å². The zero-order chi connectivity index (χ0) is 20.3. The Balaban J connectivity index is 1.57. The van der Waals surface area contributed by atoms with Crippen molar-refractivity contribution in [3.8, 4) is 0 Å². The second-order valence-electron chi connectivity index (χ2n) is 7.18. The number of hydrogen-bond acceptors (Lipinski definition) is 5. The number of carbonyl (C=O) groups excluding carboxylic acids is 2. The van der Waals surface area contributed by atoms with Gasteiger partial charge in [-0.2, -0.15) is 0 Å². The summed E-state index contributed by atoms with van der Waals surface area (Å²) < 4.78 is 18.6. The SMILES string of the molecule is COC(=O)c1c(C)[nH]c(C(=O)CN2CCN(Cc3ccccc3F)CC2)c1C. The van der Waals surface area contributed by atoms with Crippen LogP contribution in [0.3, 0.4) is 0 Å². The highest BCUT2D eigenvalue weighted by molar-refractivity contribution is 6.02. The number of aryl methyl sites for hydroxylation is 1. The van der Waals surface area contributed by atoms with E-state index in [9.17, 15) is 14.0 Å². The maximum atomic E-state index is 13.8. The molecule has 2 heterocycles. The molecule has 0 amide bonds. The number of methoxy groups -OCH3 is 1. The highest BCUT2D eigenvalue weighted by Gasteiger charge is 2.25. The number of aromatic nitrogens is 1. The Morgan fingerprint density at radius 1 is 1.11 bits per heavy atom. The van der Waals surface area contributed by atoms with Crippen LogP contribution < -0.4 is 0 Å². The lowest BCUT2D eigenvalue weighted by Crippen LogP contribution is -2.47. The Morgan fingerprint density at radius 3 is 2.39 bits per heavy atom. The third-order valence-electron chi connectivity index (χ3n) is 5.29. The summed E-state index contributed by atoms with van der Waals surface area (Å²) >= 11 is 0. The van der Waals surface area contributed by atoms with Crippen LogP contribution in [0.4, 0.5) is 4.39 Å². The van der Waals surface area contributed by atoms with Crippen molar-refractivity contribution in [3.05, 3.63) is 58.2 Å². The van der Waals surface area contributed by atoms with Crippen molar-refractivity contribution < 1.29 is 18.7 Å². The average Bonchev–Trinajstić information content (AvgIpc) is 2.99. The number of nitrogens with one attached hydrogen (secondary N) is 1. The van der Waals surface area contributed by atoms with Gasteiger partial charge in [-0.15, -0.1) is 0 Å². The number of H-pyrrole nitrogens is 1. The lowest BCUT2D eigenvalue weighted by atomic mass is 10.1. The molecule has 0 bridgehead atoms. The minimum absolute atomic E-state index is 0.0432. The van der Waals surface area contributed by atoms with E-state index in [1.807, 2.05) is 6.07 Å². The predicted molar refractivity (Wildman–Crippen MR) is 104 cm³/mol. The molecule has 0 saturated carbocycles. The molecule has 7 heteroatoms. The maximum Gasteiger partial charge on any atom is 0.339 e. The molecule has 1 aromatic heterocycles. The fourth-order valence-electron chi connectivity index (χ4n) is 3.69. The summed E-state index contributed by atoms with van der Waals surface area (Å²) in [6.07, 6.45) is 0. The van der Waals surface area contributed by atoms with Gasteiger partial charge in [-0.25, -0.2) is 9.18 Å². The third kappa shape index (κ3) is 4.31. The topological polar surface area (TPSA) is 65.6 Å². The average molecular weight is 387 g/mol. The van der Waals surface area contributed by atoms with Gasteiger partial charge >= 0.3 is 5.97 Å². The van der Waals surface area contributed by atoms with Gasteiger partial charge in [0.25, 0.3) is 0 Å². The molecule has 1 saturated heterocycles. The van der Waals surface area contributed by atoms with Crippen LogP contribution in [0, 0.1) is 19.7 Å². The van der Waals surface area contributed by atoms with Crippen LogP contribution in [0.5, 0.6) is 0 Å². The summed E-state index contributed by atoms with van der Waals surface area (Å²) in [5.41, 5.74) is 2.86. The van der Waals surface area contributed by atoms with Gasteiger partial charge in [0.1, 0.15) is 5.82 Å². The number of piperazine rings is 1. The van der Waals surface area contributed by atoms with Gasteiger partial charge in [0.15, 0.2) is 5.78 Å². The highest BCUT2D eigenvalue weighted by Crippen LogP contribution is 2.20. The Hall–Kier alpha value is -2.51. The Bertz CT molecular complexity index is 870. The molecule has 1 aromatic carbocycles. The molecule has 0 atom stereocenters. The van der Waals surface area contributed by atoms with Gasteiger partial charge in [0.2, 0.25) is 0 Å². The fraction of sp³-hybridized carbons (Fsp3) is 0.429. The number of hydrogen-bond donors (Lipinski definition) is 1. The largest absolute Gasteiger partial charge is 0.465 e. The van der Waals surface area contributed by atoms with Crippen LogP contribution in [0.1, 0.15) is 37.7 Å². The molecule has 28 heavy (non-hydrogen) atoms. The molecule has 0 aliphatic carbocycles. The number of halogens is 1. The molecule has 0 spiro atoms. The van der Waals surface area contributed by atoms with Crippen molar-refractivity contribution in [3.63, 3.8) is 0 Å². The van der Waals surface area contributed by atoms with Crippen molar-refractivity contribution in [2.24, 2.45) is 0 Å². The Labute approximate surface area is 164 Å². The van der Waals surface area contributed by atoms with Gasteiger partial charge in [-0.1, -0.05) is 18.2 Å². The predicted octanol–water partition coefficient (Wildman–Crippen LogP) is 2.56. The summed E-state index contributed by atoms with van der Waals surface area (Å²) in [5.74, 6) is -0.663. The number of carbonyl (C=O) groups is 2. The van der Waals surface area contributed by atoms with Crippen LogP contribution in [0.25, 0.3) is 0 Å². The van der Waals surface area contributed by atoms with Crippen molar-refractivity contribution in [2.45, 2.75) is 20.4 Å². The Morgan fingerprint density at radius 2 is 1.75 bits per heavy atom. The molecule has 2 aromatic rings. The van der Waals surface area contributed by atoms with E-state index in [1.54, 1.807) is 26.0 Å². The molecule has 150 valence electrons. The second-order valence-corrected chi connectivity index (χ2v) is 7.18. The maximum absolute atomic E-state index is 13.8. The normalized spacial score (nSPS) is 15.6. The Kier molecular flexibility index (Phi) is 6.26. The highest BCUT2D eigenvalue weighted by atomic mass is 19.1. The molecular formula is C21H26FN3O3. The summed E-state index contributed by atoms with van der Waals surface area (Å²) in [6.45, 7) is 7.41. The van der Waals surface area contributed by atoms with Crippen molar-refractivity contribution >= 4 is 11.8 Å². The van der Waals surface area contributed by atoms with Gasteiger partial charge in [0, 0.05) is 44.0 Å². The summed E-state index contributed by atoms with van der Waals surface area (Å²) in [4.78, 5) is 32.0. The van der Waals surface area contributed by atoms with Crippen molar-refractivity contribution in [1.82, 2.24) is 14.8 Å². The van der Waals surface area contributed by atoms with Crippen LogP contribution >= 0.6 is 0 Å². The molecule has 1 N–H and O–H groups in total. The van der Waals surface area contributed by atoms with Crippen LogP contribution in [0.15, 0.2) is 24.3 Å². The lowest BCUT2D eigenvalue weighted by molar-refractivity contribution is 0.0599. The molecule has 0 radical (unpaired) electrons. The number of rotatable bonds is 6. The van der Waals surface area contributed by atoms with Crippen LogP contribution in [0.2, 0.25) is 0 Å². The van der Waals surface area contributed by atoms with E-state index in [1.165, 1.54) is 13.2 Å². The summed E-state index contributed by atoms with van der Waals surface area (Å²) in [5, 5.41) is 0. The molecule has 1 fully saturated rings. The van der Waals surface area contributed by atoms with Gasteiger partial charge in [0.05, 0.1) is 24.9 Å². The first kappa shape index (κ1) is 20.2. The smallest absolute Gasteiger partial charge is 0.339 e. The molecule has 1 aliphatic heterocycles. The van der Waals surface area contributed by atoms with E-state index < -0.39 is 5.97 Å². The molecule has 6 nitrogen and oxygen atoms in total. The van der Waals surface area contributed by atoms with Gasteiger partial charge < -0.3 is 9.72 Å². The molecule has 1 aliphatic rings. The number of ether oxygens (including phenoxy) is 1. The first-order valence-electron chi connectivity index (χ1n) is 9.39. The zero-order valence-electron chi connectivity index (χ0n) is 16.5.